The van der Waals surface area contributed by atoms with Crippen molar-refractivity contribution in [3.8, 4) is 17.2 Å². The van der Waals surface area contributed by atoms with Crippen molar-refractivity contribution in [1.82, 2.24) is 0 Å². The molecular formula is C19H16BrNO5. The average Bonchev–Trinajstić information content (AvgIpc) is 3.01. The minimum atomic E-state index is -0.535. The fourth-order valence-corrected chi connectivity index (χ4v) is 2.93. The second kappa shape index (κ2) is 7.61. The number of methoxy groups -OCH3 is 3. The molecule has 2 aromatic rings. The lowest BCUT2D eigenvalue weighted by Gasteiger charge is -2.12. The summed E-state index contributed by atoms with van der Waals surface area (Å²) in [6, 6.07) is 10.8. The second-order valence-corrected chi connectivity index (χ2v) is 6.12. The number of nitrogens with zero attached hydrogens (tertiary/aromatic N) is 1. The van der Waals surface area contributed by atoms with Crippen LogP contribution in [0.2, 0.25) is 0 Å². The molecule has 3 rings (SSSR count). The molecule has 0 aromatic heterocycles. The van der Waals surface area contributed by atoms with Crippen molar-refractivity contribution in [2.75, 3.05) is 21.3 Å². The molecule has 0 N–H and O–H groups in total. The monoisotopic (exact) mass is 417 g/mol. The predicted octanol–water partition coefficient (Wildman–Crippen LogP) is 3.82. The number of esters is 1. The molecule has 0 saturated carbocycles. The summed E-state index contributed by atoms with van der Waals surface area (Å²) in [4.78, 5) is 16.6. The van der Waals surface area contributed by atoms with Crippen molar-refractivity contribution in [2.24, 2.45) is 4.99 Å². The molecule has 134 valence electrons. The number of ether oxygens (including phenoxy) is 4. The molecule has 0 amide bonds. The molecule has 0 saturated heterocycles. The van der Waals surface area contributed by atoms with Crippen LogP contribution in [0, 0.1) is 0 Å². The maximum absolute atomic E-state index is 12.2. The molecule has 0 atom stereocenters. The van der Waals surface area contributed by atoms with Crippen LogP contribution in [-0.4, -0.2) is 33.2 Å². The first kappa shape index (κ1) is 18.0. The Balaban J connectivity index is 2.04. The highest BCUT2D eigenvalue weighted by molar-refractivity contribution is 9.10. The maximum Gasteiger partial charge on any atom is 0.363 e. The van der Waals surface area contributed by atoms with Gasteiger partial charge in [0.05, 0.1) is 26.9 Å². The normalized spacial score (nSPS) is 14.8. The van der Waals surface area contributed by atoms with Crippen LogP contribution in [0.4, 0.5) is 0 Å². The van der Waals surface area contributed by atoms with E-state index in [1.165, 1.54) is 21.3 Å². The van der Waals surface area contributed by atoms with Crippen molar-refractivity contribution >= 4 is 33.9 Å². The van der Waals surface area contributed by atoms with Crippen molar-refractivity contribution in [3.63, 3.8) is 0 Å². The average molecular weight is 418 g/mol. The molecule has 26 heavy (non-hydrogen) atoms. The van der Waals surface area contributed by atoms with Gasteiger partial charge in [-0.05, 0) is 40.2 Å². The van der Waals surface area contributed by atoms with Crippen LogP contribution >= 0.6 is 15.9 Å². The van der Waals surface area contributed by atoms with E-state index in [1.54, 1.807) is 18.2 Å². The Bertz CT molecular complexity index is 920. The lowest BCUT2D eigenvalue weighted by molar-refractivity contribution is -0.129. The van der Waals surface area contributed by atoms with Gasteiger partial charge in [-0.1, -0.05) is 12.1 Å². The SMILES string of the molecule is COc1cc(OC)c(OC)cc1/C=C1/N=C(c2ccccc2Br)OC1=O. The lowest BCUT2D eigenvalue weighted by atomic mass is 10.1. The standard InChI is InChI=1S/C19H16BrNO5/c1-23-15-10-17(25-3)16(24-2)9-11(15)8-14-19(22)26-18(21-14)12-6-4-5-7-13(12)20/h4-10H,1-3H3/b14-8+. The van der Waals surface area contributed by atoms with E-state index in [4.69, 9.17) is 18.9 Å². The third-order valence-corrected chi connectivity index (χ3v) is 4.44. The van der Waals surface area contributed by atoms with Gasteiger partial charge in [0.15, 0.2) is 17.2 Å². The molecule has 0 radical (unpaired) electrons. The van der Waals surface area contributed by atoms with Crippen molar-refractivity contribution in [1.29, 1.82) is 0 Å². The Hall–Kier alpha value is -2.80. The van der Waals surface area contributed by atoms with E-state index >= 15 is 0 Å². The van der Waals surface area contributed by atoms with Crippen LogP contribution in [0.3, 0.4) is 0 Å². The first-order valence-electron chi connectivity index (χ1n) is 7.65. The van der Waals surface area contributed by atoms with Crippen LogP contribution in [0.5, 0.6) is 17.2 Å². The van der Waals surface area contributed by atoms with E-state index < -0.39 is 5.97 Å². The highest BCUT2D eigenvalue weighted by Crippen LogP contribution is 2.36. The van der Waals surface area contributed by atoms with Gasteiger partial charge in [0.1, 0.15) is 5.75 Å². The number of hydrogen-bond acceptors (Lipinski definition) is 6. The largest absolute Gasteiger partial charge is 0.496 e. The summed E-state index contributed by atoms with van der Waals surface area (Å²) in [7, 11) is 4.61. The maximum atomic E-state index is 12.2. The molecule has 0 bridgehead atoms. The molecule has 1 aliphatic rings. The molecule has 0 fully saturated rings. The van der Waals surface area contributed by atoms with Gasteiger partial charge in [0.2, 0.25) is 5.90 Å². The van der Waals surface area contributed by atoms with Gasteiger partial charge in [-0.15, -0.1) is 0 Å². The quantitative estimate of drug-likeness (QED) is 0.546. The van der Waals surface area contributed by atoms with E-state index in [-0.39, 0.29) is 11.6 Å². The minimum absolute atomic E-state index is 0.168. The molecule has 7 heteroatoms. The summed E-state index contributed by atoms with van der Waals surface area (Å²) in [6.45, 7) is 0. The zero-order valence-corrected chi connectivity index (χ0v) is 16.0. The Labute approximate surface area is 159 Å². The van der Waals surface area contributed by atoms with Gasteiger partial charge in [-0.3, -0.25) is 0 Å². The van der Waals surface area contributed by atoms with Crippen molar-refractivity contribution in [2.45, 2.75) is 0 Å². The van der Waals surface area contributed by atoms with E-state index in [0.717, 1.165) is 4.47 Å². The third kappa shape index (κ3) is 3.43. The van der Waals surface area contributed by atoms with Gasteiger partial charge in [0.25, 0.3) is 0 Å². The summed E-state index contributed by atoms with van der Waals surface area (Å²) in [5, 5.41) is 0. The van der Waals surface area contributed by atoms with Gasteiger partial charge in [-0.25, -0.2) is 9.79 Å². The third-order valence-electron chi connectivity index (χ3n) is 3.75. The van der Waals surface area contributed by atoms with Crippen LogP contribution in [-0.2, 0) is 9.53 Å². The molecule has 0 aliphatic carbocycles. The number of cyclic esters (lactones) is 1. The molecule has 1 aliphatic heterocycles. The van der Waals surface area contributed by atoms with Crippen molar-refractivity contribution < 1.29 is 23.7 Å². The number of carbonyl (C=O) groups excluding carboxylic acids is 1. The van der Waals surface area contributed by atoms with Gasteiger partial charge in [0, 0.05) is 16.1 Å². The minimum Gasteiger partial charge on any atom is -0.496 e. The summed E-state index contributed by atoms with van der Waals surface area (Å²) in [6.07, 6.45) is 1.59. The fourth-order valence-electron chi connectivity index (χ4n) is 2.47. The summed E-state index contributed by atoms with van der Waals surface area (Å²) in [5.74, 6) is 1.27. The fraction of sp³-hybridized carbons (Fsp3) is 0.158. The van der Waals surface area contributed by atoms with Crippen molar-refractivity contribution in [3.05, 3.63) is 57.7 Å². The summed E-state index contributed by atoms with van der Waals surface area (Å²) >= 11 is 3.43. The zero-order chi connectivity index (χ0) is 18.7. The molecule has 1 heterocycles. The lowest BCUT2D eigenvalue weighted by Crippen LogP contribution is -2.05. The molecule has 6 nitrogen and oxygen atoms in total. The van der Waals surface area contributed by atoms with E-state index in [0.29, 0.717) is 28.4 Å². The number of aliphatic imine (C=N–C) groups is 1. The highest BCUT2D eigenvalue weighted by atomic mass is 79.9. The van der Waals surface area contributed by atoms with Crippen LogP contribution in [0.15, 0.2) is 51.6 Å². The zero-order valence-electron chi connectivity index (χ0n) is 14.4. The Morgan fingerprint density at radius 1 is 1.00 bits per heavy atom. The number of benzene rings is 2. The van der Waals surface area contributed by atoms with Gasteiger partial charge < -0.3 is 18.9 Å². The molecule has 0 unspecified atom stereocenters. The van der Waals surface area contributed by atoms with E-state index in [1.807, 2.05) is 24.3 Å². The van der Waals surface area contributed by atoms with E-state index in [9.17, 15) is 4.79 Å². The number of carbonyl (C=O) groups is 1. The predicted molar refractivity (Wildman–Crippen MR) is 101 cm³/mol. The summed E-state index contributed by atoms with van der Waals surface area (Å²) in [5.41, 5.74) is 1.49. The second-order valence-electron chi connectivity index (χ2n) is 5.27. The van der Waals surface area contributed by atoms with E-state index in [2.05, 4.69) is 20.9 Å². The van der Waals surface area contributed by atoms with Crippen LogP contribution < -0.4 is 14.2 Å². The first-order chi connectivity index (χ1) is 12.6. The summed E-state index contributed by atoms with van der Waals surface area (Å²) < 4.78 is 22.0. The smallest absolute Gasteiger partial charge is 0.363 e. The van der Waals surface area contributed by atoms with Crippen LogP contribution in [0.25, 0.3) is 6.08 Å². The van der Waals surface area contributed by atoms with Gasteiger partial charge >= 0.3 is 5.97 Å². The number of halogens is 1. The van der Waals surface area contributed by atoms with Gasteiger partial charge in [-0.2, -0.15) is 0 Å². The molecule has 0 spiro atoms. The number of hydrogen-bond donors (Lipinski definition) is 0. The molecular weight excluding hydrogens is 402 g/mol. The highest BCUT2D eigenvalue weighted by Gasteiger charge is 2.26. The topological polar surface area (TPSA) is 66.3 Å². The first-order valence-corrected chi connectivity index (χ1v) is 8.44. The number of rotatable bonds is 5. The Morgan fingerprint density at radius 3 is 2.31 bits per heavy atom. The molecule has 2 aromatic carbocycles. The Morgan fingerprint density at radius 2 is 1.65 bits per heavy atom. The van der Waals surface area contributed by atoms with Crippen LogP contribution in [0.1, 0.15) is 11.1 Å². The Kier molecular flexibility index (Phi) is 5.27.